The van der Waals surface area contributed by atoms with Gasteiger partial charge in [0.15, 0.2) is 0 Å². The molecular weight excluding hydrogens is 431 g/mol. The predicted octanol–water partition coefficient (Wildman–Crippen LogP) is 4.90. The third-order valence-electron chi connectivity index (χ3n) is 3.13. The van der Waals surface area contributed by atoms with Crippen molar-refractivity contribution in [1.82, 2.24) is 0 Å². The Morgan fingerprint density at radius 2 is 1.65 bits per heavy atom. The highest BCUT2D eigenvalue weighted by Crippen LogP contribution is 2.55. The van der Waals surface area contributed by atoms with Gasteiger partial charge in [-0.25, -0.2) is 0 Å². The second-order valence-electron chi connectivity index (χ2n) is 4.56. The first-order chi connectivity index (χ1) is 7.98. The Morgan fingerprint density at radius 1 is 1.12 bits per heavy atom. The quantitative estimate of drug-likeness (QED) is 0.479. The molecule has 1 aliphatic heterocycles. The van der Waals surface area contributed by atoms with E-state index in [0.29, 0.717) is 9.65 Å². The summed E-state index contributed by atoms with van der Waals surface area (Å²) < 4.78 is 13.7. The Hall–Kier alpha value is 0.890. The fraction of sp³-hybridized carbons (Fsp3) is 0.500. The van der Waals surface area contributed by atoms with Gasteiger partial charge in [-0.15, -0.1) is 0 Å². The minimum absolute atomic E-state index is 0.373. The van der Waals surface area contributed by atoms with Gasteiger partial charge in [0.05, 0.1) is 7.14 Å². The third kappa shape index (κ3) is 3.92. The Kier molecular flexibility index (Phi) is 4.96. The second kappa shape index (κ2) is 5.90. The zero-order chi connectivity index (χ0) is 12.5. The highest BCUT2D eigenvalue weighted by molar-refractivity contribution is 9.12. The molecule has 0 amide bonds. The van der Waals surface area contributed by atoms with E-state index in [1.165, 1.54) is 5.56 Å². The molecule has 5 heteroatoms. The molecule has 1 saturated heterocycles. The lowest BCUT2D eigenvalue weighted by Gasteiger charge is -2.10. The van der Waals surface area contributed by atoms with Gasteiger partial charge in [-0.3, -0.25) is 0 Å². The smallest absolute Gasteiger partial charge is 0.0903 e. The summed E-state index contributed by atoms with van der Waals surface area (Å²) in [6.07, 6.45) is 3.42. The fourth-order valence-electron chi connectivity index (χ4n) is 2.11. The summed E-state index contributed by atoms with van der Waals surface area (Å²) in [5.74, 6) is 0. The van der Waals surface area contributed by atoms with Crippen LogP contribution in [-0.2, 0) is 11.0 Å². The normalized spacial score (nSPS) is 32.9. The van der Waals surface area contributed by atoms with Crippen molar-refractivity contribution in [2.45, 2.75) is 16.1 Å². The van der Waals surface area contributed by atoms with Crippen LogP contribution in [0.25, 0.3) is 0 Å². The maximum Gasteiger partial charge on any atom is 0.0903 e. The van der Waals surface area contributed by atoms with Crippen LogP contribution < -0.4 is 0 Å². The van der Waals surface area contributed by atoms with E-state index in [0.717, 1.165) is 29.4 Å². The second-order valence-corrected chi connectivity index (χ2v) is 11.1. The molecule has 17 heavy (non-hydrogen) atoms. The lowest BCUT2D eigenvalue weighted by molar-refractivity contribution is 0.578. The maximum atomic E-state index is 12.6. The van der Waals surface area contributed by atoms with E-state index in [2.05, 4.69) is 59.9 Å². The SMILES string of the molecule is O=P1(CCc2ccc(Br)cc2)CC(Br)C(Br)C1. The standard InChI is InChI=1S/C12H14Br3OP/c13-10-3-1-9(2-4-10)5-6-17(16)7-11(14)12(15)8-17/h1-4,11-12H,5-8H2. The molecule has 2 unspecified atom stereocenters. The lowest BCUT2D eigenvalue weighted by atomic mass is 10.2. The van der Waals surface area contributed by atoms with E-state index >= 15 is 0 Å². The molecule has 1 nitrogen and oxygen atoms in total. The van der Waals surface area contributed by atoms with Gasteiger partial charge in [0.1, 0.15) is 0 Å². The first kappa shape index (κ1) is 14.3. The van der Waals surface area contributed by atoms with Crippen molar-refractivity contribution in [3.63, 3.8) is 0 Å². The van der Waals surface area contributed by atoms with Gasteiger partial charge in [0, 0.05) is 32.6 Å². The zero-order valence-corrected chi connectivity index (χ0v) is 14.9. The molecule has 1 aromatic carbocycles. The van der Waals surface area contributed by atoms with Crippen LogP contribution in [0.4, 0.5) is 0 Å². The topological polar surface area (TPSA) is 17.1 Å². The highest BCUT2D eigenvalue weighted by Gasteiger charge is 2.38. The average Bonchev–Trinajstić information content (AvgIpc) is 2.53. The van der Waals surface area contributed by atoms with Crippen LogP contribution in [0.3, 0.4) is 0 Å². The van der Waals surface area contributed by atoms with Gasteiger partial charge in [0.2, 0.25) is 0 Å². The Morgan fingerprint density at radius 3 is 2.18 bits per heavy atom. The highest BCUT2D eigenvalue weighted by atomic mass is 79.9. The number of halogens is 3. The molecule has 1 fully saturated rings. The van der Waals surface area contributed by atoms with Gasteiger partial charge in [-0.05, 0) is 24.1 Å². The Labute approximate surface area is 128 Å². The Bertz CT molecular complexity index is 418. The summed E-state index contributed by atoms with van der Waals surface area (Å²) in [4.78, 5) is 0.747. The van der Waals surface area contributed by atoms with Crippen molar-refractivity contribution < 1.29 is 4.57 Å². The van der Waals surface area contributed by atoms with Crippen molar-refractivity contribution in [1.29, 1.82) is 0 Å². The molecule has 1 aromatic rings. The summed E-state index contributed by atoms with van der Waals surface area (Å²) in [6, 6.07) is 8.29. The van der Waals surface area contributed by atoms with E-state index in [4.69, 9.17) is 0 Å². The van der Waals surface area contributed by atoms with Crippen LogP contribution in [-0.4, -0.2) is 28.1 Å². The minimum Gasteiger partial charge on any atom is -0.323 e. The van der Waals surface area contributed by atoms with Crippen molar-refractivity contribution in [3.8, 4) is 0 Å². The number of alkyl halides is 2. The molecule has 0 spiro atoms. The van der Waals surface area contributed by atoms with Gasteiger partial charge in [0.25, 0.3) is 0 Å². The molecular formula is C12H14Br3OP. The largest absolute Gasteiger partial charge is 0.323 e. The maximum absolute atomic E-state index is 12.6. The molecule has 2 atom stereocenters. The summed E-state index contributed by atoms with van der Waals surface area (Å²) in [7, 11) is -1.97. The number of hydrogen-bond donors (Lipinski definition) is 0. The molecule has 0 saturated carbocycles. The molecule has 0 bridgehead atoms. The first-order valence-corrected chi connectivity index (χ1v) is 10.5. The first-order valence-electron chi connectivity index (χ1n) is 5.58. The van der Waals surface area contributed by atoms with Crippen LogP contribution in [0.5, 0.6) is 0 Å². The van der Waals surface area contributed by atoms with Crippen LogP contribution in [0.1, 0.15) is 5.56 Å². The van der Waals surface area contributed by atoms with Crippen LogP contribution in [0.15, 0.2) is 28.7 Å². The zero-order valence-electron chi connectivity index (χ0n) is 9.28. The molecule has 0 aliphatic carbocycles. The van der Waals surface area contributed by atoms with Gasteiger partial charge in [-0.1, -0.05) is 59.9 Å². The van der Waals surface area contributed by atoms with Crippen LogP contribution in [0, 0.1) is 0 Å². The predicted molar refractivity (Wildman–Crippen MR) is 85.5 cm³/mol. The van der Waals surface area contributed by atoms with Crippen molar-refractivity contribution in [2.24, 2.45) is 0 Å². The van der Waals surface area contributed by atoms with Crippen molar-refractivity contribution in [2.75, 3.05) is 18.5 Å². The van der Waals surface area contributed by atoms with Gasteiger partial charge in [-0.2, -0.15) is 0 Å². The van der Waals surface area contributed by atoms with Crippen LogP contribution >= 0.6 is 54.9 Å². The van der Waals surface area contributed by atoms with E-state index in [-0.39, 0.29) is 0 Å². The number of aryl methyl sites for hydroxylation is 1. The fourth-order valence-corrected chi connectivity index (χ4v) is 9.45. The molecule has 1 aliphatic rings. The molecule has 1 heterocycles. The summed E-state index contributed by atoms with van der Waals surface area (Å²) in [6.45, 7) is 0. The molecule has 0 N–H and O–H groups in total. The van der Waals surface area contributed by atoms with Gasteiger partial charge >= 0.3 is 0 Å². The summed E-state index contributed by atoms with van der Waals surface area (Å²) in [5, 5.41) is 0. The molecule has 94 valence electrons. The number of hydrogen-bond acceptors (Lipinski definition) is 1. The molecule has 0 radical (unpaired) electrons. The third-order valence-corrected chi connectivity index (χ3v) is 10.4. The monoisotopic (exact) mass is 442 g/mol. The Balaban J connectivity index is 1.94. The average molecular weight is 445 g/mol. The van der Waals surface area contributed by atoms with Crippen LogP contribution in [0.2, 0.25) is 0 Å². The summed E-state index contributed by atoms with van der Waals surface area (Å²) in [5.41, 5.74) is 1.27. The molecule has 2 rings (SSSR count). The minimum atomic E-state index is -1.97. The number of rotatable bonds is 3. The lowest BCUT2D eigenvalue weighted by Crippen LogP contribution is -2.08. The van der Waals surface area contributed by atoms with E-state index in [1.54, 1.807) is 0 Å². The summed E-state index contributed by atoms with van der Waals surface area (Å²) >= 11 is 10.6. The van der Waals surface area contributed by atoms with Gasteiger partial charge < -0.3 is 4.57 Å². The van der Waals surface area contributed by atoms with Crippen molar-refractivity contribution >= 4 is 54.9 Å². The van der Waals surface area contributed by atoms with Crippen molar-refractivity contribution in [3.05, 3.63) is 34.3 Å². The van der Waals surface area contributed by atoms with E-state index in [9.17, 15) is 4.57 Å². The van der Waals surface area contributed by atoms with E-state index < -0.39 is 7.14 Å². The molecule has 0 aromatic heterocycles. The number of benzene rings is 1. The van der Waals surface area contributed by atoms with E-state index in [1.807, 2.05) is 12.1 Å².